The van der Waals surface area contributed by atoms with Crippen molar-refractivity contribution in [2.24, 2.45) is 0 Å². The van der Waals surface area contributed by atoms with Gasteiger partial charge in [-0.3, -0.25) is 4.79 Å². The van der Waals surface area contributed by atoms with Gasteiger partial charge in [0.2, 0.25) is 0 Å². The molecular formula is C20H27NO2. The van der Waals surface area contributed by atoms with E-state index in [9.17, 15) is 4.79 Å². The number of hydrogen-bond acceptors (Lipinski definition) is 2. The molecule has 2 aliphatic carbocycles. The molecule has 3 rings (SSSR count). The van der Waals surface area contributed by atoms with Crippen molar-refractivity contribution in [2.75, 3.05) is 13.2 Å². The third-order valence-electron chi connectivity index (χ3n) is 4.87. The number of allylic oxidation sites excluding steroid dienone is 1. The molecule has 0 aliphatic heterocycles. The van der Waals surface area contributed by atoms with Gasteiger partial charge < -0.3 is 10.1 Å². The largest absolute Gasteiger partial charge is 0.483 e. The van der Waals surface area contributed by atoms with Crippen LogP contribution >= 0.6 is 0 Å². The van der Waals surface area contributed by atoms with Gasteiger partial charge in [-0.05, 0) is 75.0 Å². The quantitative estimate of drug-likeness (QED) is 0.808. The maximum Gasteiger partial charge on any atom is 0.257 e. The molecule has 3 heteroatoms. The lowest BCUT2D eigenvalue weighted by molar-refractivity contribution is -0.123. The van der Waals surface area contributed by atoms with Crippen molar-refractivity contribution in [3.8, 4) is 5.75 Å². The average Bonchev–Trinajstić information content (AvgIpc) is 2.61. The summed E-state index contributed by atoms with van der Waals surface area (Å²) in [6, 6.07) is 6.20. The topological polar surface area (TPSA) is 38.3 Å². The summed E-state index contributed by atoms with van der Waals surface area (Å²) in [5, 5.41) is 2.98. The summed E-state index contributed by atoms with van der Waals surface area (Å²) >= 11 is 0. The summed E-state index contributed by atoms with van der Waals surface area (Å²) in [6.07, 6.45) is 13.0. The van der Waals surface area contributed by atoms with E-state index in [1.54, 1.807) is 0 Å². The van der Waals surface area contributed by atoms with E-state index in [2.05, 4.69) is 17.5 Å². The molecule has 1 amide bonds. The molecule has 0 aromatic heterocycles. The van der Waals surface area contributed by atoms with E-state index >= 15 is 0 Å². The van der Waals surface area contributed by atoms with Crippen LogP contribution in [0.25, 0.3) is 0 Å². The molecule has 0 unspecified atom stereocenters. The first-order valence-corrected chi connectivity index (χ1v) is 9.01. The van der Waals surface area contributed by atoms with Gasteiger partial charge >= 0.3 is 0 Å². The molecule has 3 nitrogen and oxygen atoms in total. The van der Waals surface area contributed by atoms with Crippen LogP contribution in [0.1, 0.15) is 56.1 Å². The Morgan fingerprint density at radius 3 is 2.83 bits per heavy atom. The van der Waals surface area contributed by atoms with E-state index < -0.39 is 0 Å². The summed E-state index contributed by atoms with van der Waals surface area (Å²) in [5.41, 5.74) is 4.19. The van der Waals surface area contributed by atoms with Crippen LogP contribution in [0.15, 0.2) is 29.8 Å². The SMILES string of the molecule is O=C(COc1cccc2c1CCCC2)NCCC1=CCCCC1. The van der Waals surface area contributed by atoms with Gasteiger partial charge in [-0.2, -0.15) is 0 Å². The molecule has 0 radical (unpaired) electrons. The number of amides is 1. The van der Waals surface area contributed by atoms with E-state index in [1.165, 1.54) is 55.2 Å². The van der Waals surface area contributed by atoms with Crippen molar-refractivity contribution in [2.45, 2.75) is 57.8 Å². The summed E-state index contributed by atoms with van der Waals surface area (Å²) in [4.78, 5) is 12.0. The summed E-state index contributed by atoms with van der Waals surface area (Å²) in [7, 11) is 0. The van der Waals surface area contributed by atoms with Crippen LogP contribution in [0.2, 0.25) is 0 Å². The number of carbonyl (C=O) groups is 1. The molecule has 0 saturated carbocycles. The number of aryl methyl sites for hydroxylation is 1. The van der Waals surface area contributed by atoms with Crippen LogP contribution in [0.5, 0.6) is 5.75 Å². The van der Waals surface area contributed by atoms with Crippen LogP contribution in [0.3, 0.4) is 0 Å². The van der Waals surface area contributed by atoms with Gasteiger partial charge in [-0.1, -0.05) is 23.8 Å². The van der Waals surface area contributed by atoms with Gasteiger partial charge in [-0.15, -0.1) is 0 Å². The van der Waals surface area contributed by atoms with Crippen molar-refractivity contribution < 1.29 is 9.53 Å². The average molecular weight is 313 g/mol. The van der Waals surface area contributed by atoms with E-state index in [-0.39, 0.29) is 12.5 Å². The fraction of sp³-hybridized carbons (Fsp3) is 0.550. The number of rotatable bonds is 6. The van der Waals surface area contributed by atoms with Crippen LogP contribution in [-0.4, -0.2) is 19.1 Å². The van der Waals surface area contributed by atoms with E-state index in [1.807, 2.05) is 12.1 Å². The monoisotopic (exact) mass is 313 g/mol. The van der Waals surface area contributed by atoms with Crippen molar-refractivity contribution in [1.82, 2.24) is 5.32 Å². The highest BCUT2D eigenvalue weighted by atomic mass is 16.5. The zero-order valence-corrected chi connectivity index (χ0v) is 13.9. The molecule has 1 aromatic carbocycles. The Hall–Kier alpha value is -1.77. The lowest BCUT2D eigenvalue weighted by Crippen LogP contribution is -2.30. The smallest absolute Gasteiger partial charge is 0.257 e. The van der Waals surface area contributed by atoms with E-state index in [4.69, 9.17) is 4.74 Å². The molecule has 124 valence electrons. The maximum absolute atomic E-state index is 12.0. The lowest BCUT2D eigenvalue weighted by atomic mass is 9.91. The Kier molecular flexibility index (Phi) is 5.73. The molecule has 0 saturated heterocycles. The van der Waals surface area contributed by atoms with Gasteiger partial charge in [0.1, 0.15) is 5.75 Å². The minimum Gasteiger partial charge on any atom is -0.483 e. The van der Waals surface area contributed by atoms with Crippen molar-refractivity contribution in [1.29, 1.82) is 0 Å². The van der Waals surface area contributed by atoms with Gasteiger partial charge in [0.05, 0.1) is 0 Å². The zero-order valence-electron chi connectivity index (χ0n) is 13.9. The molecule has 0 bridgehead atoms. The van der Waals surface area contributed by atoms with Crippen molar-refractivity contribution in [3.05, 3.63) is 41.0 Å². The number of benzene rings is 1. The molecule has 0 atom stereocenters. The molecule has 23 heavy (non-hydrogen) atoms. The highest BCUT2D eigenvalue weighted by Crippen LogP contribution is 2.29. The zero-order chi connectivity index (χ0) is 15.9. The number of carbonyl (C=O) groups excluding carboxylic acids is 1. The summed E-state index contributed by atoms with van der Waals surface area (Å²) < 4.78 is 5.78. The first-order valence-electron chi connectivity index (χ1n) is 9.01. The molecule has 1 N–H and O–H groups in total. The second kappa shape index (κ2) is 8.19. The molecule has 0 spiro atoms. The number of ether oxygens (including phenoxy) is 1. The fourth-order valence-corrected chi connectivity index (χ4v) is 3.57. The van der Waals surface area contributed by atoms with Gasteiger partial charge in [0.25, 0.3) is 5.91 Å². The van der Waals surface area contributed by atoms with E-state index in [0.717, 1.165) is 31.6 Å². The number of fused-ring (bicyclic) bond motifs is 1. The molecule has 0 fully saturated rings. The number of hydrogen-bond donors (Lipinski definition) is 1. The van der Waals surface area contributed by atoms with Crippen LogP contribution in [0, 0.1) is 0 Å². The van der Waals surface area contributed by atoms with Gasteiger partial charge in [-0.25, -0.2) is 0 Å². The second-order valence-corrected chi connectivity index (χ2v) is 6.60. The fourth-order valence-electron chi connectivity index (χ4n) is 3.57. The predicted molar refractivity (Wildman–Crippen MR) is 92.8 cm³/mol. The summed E-state index contributed by atoms with van der Waals surface area (Å²) in [5.74, 6) is 0.877. The van der Waals surface area contributed by atoms with Gasteiger partial charge in [0.15, 0.2) is 6.61 Å². The normalized spacial score (nSPS) is 17.1. The molecular weight excluding hydrogens is 286 g/mol. The first kappa shape index (κ1) is 16.1. The maximum atomic E-state index is 12.0. The van der Waals surface area contributed by atoms with Crippen LogP contribution in [-0.2, 0) is 17.6 Å². The Morgan fingerprint density at radius 1 is 1.09 bits per heavy atom. The van der Waals surface area contributed by atoms with Crippen LogP contribution in [0.4, 0.5) is 0 Å². The summed E-state index contributed by atoms with van der Waals surface area (Å²) in [6.45, 7) is 0.844. The minimum atomic E-state index is -0.0187. The molecule has 1 aromatic rings. The lowest BCUT2D eigenvalue weighted by Gasteiger charge is -2.19. The number of nitrogens with one attached hydrogen (secondary N) is 1. The van der Waals surface area contributed by atoms with E-state index in [0.29, 0.717) is 0 Å². The Balaban J connectivity index is 1.43. The van der Waals surface area contributed by atoms with Crippen molar-refractivity contribution >= 4 is 5.91 Å². The molecule has 2 aliphatic rings. The Bertz CT molecular complexity index is 577. The van der Waals surface area contributed by atoms with Gasteiger partial charge in [0, 0.05) is 6.54 Å². The minimum absolute atomic E-state index is 0.0187. The third-order valence-corrected chi connectivity index (χ3v) is 4.87. The standard InChI is InChI=1S/C20H27NO2/c22-20(21-14-13-16-7-2-1-3-8-16)15-23-19-12-6-10-17-9-4-5-11-18(17)19/h6-7,10,12H,1-5,8-9,11,13-15H2,(H,21,22). The predicted octanol–water partition coefficient (Wildman–Crippen LogP) is 3.95. The second-order valence-electron chi connectivity index (χ2n) is 6.60. The van der Waals surface area contributed by atoms with Crippen LogP contribution < -0.4 is 10.1 Å². The first-order chi connectivity index (χ1) is 11.3. The Labute approximate surface area is 139 Å². The third kappa shape index (κ3) is 4.60. The highest BCUT2D eigenvalue weighted by molar-refractivity contribution is 5.77. The molecule has 0 heterocycles. The Morgan fingerprint density at radius 2 is 1.96 bits per heavy atom. The highest BCUT2D eigenvalue weighted by Gasteiger charge is 2.14. The van der Waals surface area contributed by atoms with Crippen molar-refractivity contribution in [3.63, 3.8) is 0 Å².